The number of carbonyl (C=O) groups is 1. The summed E-state index contributed by atoms with van der Waals surface area (Å²) in [7, 11) is -4.00. The van der Waals surface area contributed by atoms with E-state index in [9.17, 15) is 31.6 Å². The summed E-state index contributed by atoms with van der Waals surface area (Å²) in [6.45, 7) is 1.96. The van der Waals surface area contributed by atoms with E-state index in [1.165, 1.54) is 36.4 Å². The molecule has 0 spiro atoms. The number of alkyl halides is 3. The Balaban J connectivity index is 1.87. The minimum Gasteiger partial charge on any atom is -0.286 e. The summed E-state index contributed by atoms with van der Waals surface area (Å²) in [5, 5.41) is 10.1. The van der Waals surface area contributed by atoms with Gasteiger partial charge in [0.15, 0.2) is 0 Å². The average molecular weight is 442 g/mol. The van der Waals surface area contributed by atoms with E-state index in [4.69, 9.17) is 0 Å². The van der Waals surface area contributed by atoms with Gasteiger partial charge >= 0.3 is 6.18 Å². The largest absolute Gasteiger partial charge is 0.416 e. The Morgan fingerprint density at radius 1 is 1.07 bits per heavy atom. The zero-order valence-electron chi connectivity index (χ0n) is 16.1. The van der Waals surface area contributed by atoms with Gasteiger partial charge in [0, 0.05) is 6.54 Å². The molecule has 0 saturated carbocycles. The van der Waals surface area contributed by atoms with E-state index in [0.717, 1.165) is 16.4 Å². The minimum atomic E-state index is -4.43. The van der Waals surface area contributed by atoms with Crippen molar-refractivity contribution in [3.8, 4) is 11.1 Å². The van der Waals surface area contributed by atoms with Crippen LogP contribution in [0.5, 0.6) is 0 Å². The van der Waals surface area contributed by atoms with Gasteiger partial charge in [0.2, 0.25) is 10.0 Å². The molecule has 1 N–H and O–H groups in total. The summed E-state index contributed by atoms with van der Waals surface area (Å²) in [5.41, 5.74) is 0.308. The lowest BCUT2D eigenvalue weighted by Gasteiger charge is -2.26. The molecule has 1 fully saturated rings. The van der Waals surface area contributed by atoms with Crippen LogP contribution in [-0.2, 0) is 21.0 Å². The molecule has 3 rings (SSSR count). The van der Waals surface area contributed by atoms with Crippen molar-refractivity contribution in [1.82, 2.24) is 9.37 Å². The first-order valence-electron chi connectivity index (χ1n) is 9.35. The third-order valence-corrected chi connectivity index (χ3v) is 6.87. The van der Waals surface area contributed by atoms with E-state index in [0.29, 0.717) is 22.6 Å². The summed E-state index contributed by atoms with van der Waals surface area (Å²) >= 11 is 0. The Bertz CT molecular complexity index is 1010. The first-order valence-corrected chi connectivity index (χ1v) is 10.8. The molecule has 1 aliphatic rings. The third kappa shape index (κ3) is 4.35. The van der Waals surface area contributed by atoms with Gasteiger partial charge in [-0.15, -0.1) is 0 Å². The molecule has 0 aromatic heterocycles. The van der Waals surface area contributed by atoms with Crippen LogP contribution in [0.25, 0.3) is 11.1 Å². The van der Waals surface area contributed by atoms with E-state index in [1.807, 2.05) is 0 Å². The van der Waals surface area contributed by atoms with Gasteiger partial charge in [-0.05, 0) is 48.2 Å². The van der Waals surface area contributed by atoms with E-state index >= 15 is 0 Å². The normalized spacial score (nSPS) is 17.7. The SMILES string of the molecule is CCCN(C1CCN(O)C1=O)S(=O)(=O)c1ccc(-c2ccc(C(F)(F)F)cc2)cc1. The predicted molar refractivity (Wildman–Crippen MR) is 103 cm³/mol. The fourth-order valence-corrected chi connectivity index (χ4v) is 5.09. The number of nitrogens with zero attached hydrogens (tertiary/aromatic N) is 2. The lowest BCUT2D eigenvalue weighted by atomic mass is 10.0. The molecule has 0 radical (unpaired) electrons. The smallest absolute Gasteiger partial charge is 0.286 e. The Morgan fingerprint density at radius 2 is 1.60 bits per heavy atom. The molecule has 10 heteroatoms. The first kappa shape index (κ1) is 22.3. The first-order chi connectivity index (χ1) is 14.1. The lowest BCUT2D eigenvalue weighted by Crippen LogP contribution is -2.45. The van der Waals surface area contributed by atoms with E-state index in [2.05, 4.69) is 0 Å². The summed E-state index contributed by atoms with van der Waals surface area (Å²) in [4.78, 5) is 12.1. The fourth-order valence-electron chi connectivity index (χ4n) is 3.39. The highest BCUT2D eigenvalue weighted by atomic mass is 32.2. The number of benzene rings is 2. The highest BCUT2D eigenvalue weighted by Crippen LogP contribution is 2.31. The van der Waals surface area contributed by atoms with Crippen molar-refractivity contribution < 1.29 is 31.6 Å². The van der Waals surface area contributed by atoms with Gasteiger partial charge in [-0.3, -0.25) is 10.0 Å². The summed E-state index contributed by atoms with van der Waals surface area (Å²) in [5.74, 6) is -0.659. The summed E-state index contributed by atoms with van der Waals surface area (Å²) in [6, 6.07) is 9.36. The summed E-state index contributed by atoms with van der Waals surface area (Å²) in [6.07, 6.45) is -3.75. The van der Waals surface area contributed by atoms with Crippen LogP contribution in [0, 0.1) is 0 Å². The van der Waals surface area contributed by atoms with Crippen LogP contribution in [-0.4, -0.2) is 48.0 Å². The Kier molecular flexibility index (Phi) is 6.21. The monoisotopic (exact) mass is 442 g/mol. The van der Waals surface area contributed by atoms with Crippen molar-refractivity contribution >= 4 is 15.9 Å². The van der Waals surface area contributed by atoms with Crippen LogP contribution in [0.15, 0.2) is 53.4 Å². The highest BCUT2D eigenvalue weighted by molar-refractivity contribution is 7.89. The van der Waals surface area contributed by atoms with E-state index < -0.39 is 33.7 Å². The maximum Gasteiger partial charge on any atom is 0.416 e. The fraction of sp³-hybridized carbons (Fsp3) is 0.350. The van der Waals surface area contributed by atoms with Gasteiger partial charge in [-0.1, -0.05) is 31.2 Å². The minimum absolute atomic E-state index is 0.0317. The molecule has 162 valence electrons. The average Bonchev–Trinajstić information content (AvgIpc) is 3.04. The number of halogens is 3. The predicted octanol–water partition coefficient (Wildman–Crippen LogP) is 3.76. The van der Waals surface area contributed by atoms with Crippen LogP contribution in [0.1, 0.15) is 25.3 Å². The molecule has 2 aromatic rings. The zero-order valence-corrected chi connectivity index (χ0v) is 16.9. The molecule has 1 atom stereocenters. The van der Waals surface area contributed by atoms with Crippen LogP contribution in [0.3, 0.4) is 0 Å². The van der Waals surface area contributed by atoms with Gasteiger partial charge in [0.05, 0.1) is 17.0 Å². The number of hydrogen-bond acceptors (Lipinski definition) is 4. The van der Waals surface area contributed by atoms with Gasteiger partial charge in [-0.2, -0.15) is 17.5 Å². The number of rotatable bonds is 6. The highest BCUT2D eigenvalue weighted by Gasteiger charge is 2.41. The Hall–Kier alpha value is -2.43. The molecule has 0 aliphatic carbocycles. The molecule has 1 aliphatic heterocycles. The molecular weight excluding hydrogens is 421 g/mol. The van der Waals surface area contributed by atoms with Crippen LogP contribution >= 0.6 is 0 Å². The van der Waals surface area contributed by atoms with Crippen molar-refractivity contribution in [2.75, 3.05) is 13.1 Å². The molecule has 1 saturated heterocycles. The molecule has 1 unspecified atom stereocenters. The van der Waals surface area contributed by atoms with Crippen LogP contribution in [0.2, 0.25) is 0 Å². The van der Waals surface area contributed by atoms with Gasteiger partial charge < -0.3 is 0 Å². The maximum absolute atomic E-state index is 13.1. The van der Waals surface area contributed by atoms with Crippen molar-refractivity contribution in [2.24, 2.45) is 0 Å². The van der Waals surface area contributed by atoms with Crippen LogP contribution < -0.4 is 0 Å². The molecule has 6 nitrogen and oxygen atoms in total. The van der Waals surface area contributed by atoms with E-state index in [-0.39, 0.29) is 24.4 Å². The second kappa shape index (κ2) is 8.37. The second-order valence-corrected chi connectivity index (χ2v) is 8.87. The molecular formula is C20H21F3N2O4S. The third-order valence-electron chi connectivity index (χ3n) is 4.95. The molecule has 2 aromatic carbocycles. The molecule has 1 heterocycles. The van der Waals surface area contributed by atoms with E-state index in [1.54, 1.807) is 6.92 Å². The standard InChI is InChI=1S/C20H21F3N2O4S/c1-2-12-25(18-11-13-24(27)19(18)26)30(28,29)17-9-5-15(6-10-17)14-3-7-16(8-4-14)20(21,22)23/h3-10,18,27H,2,11-13H2,1H3. The maximum atomic E-state index is 13.1. The Labute approximate surface area is 172 Å². The molecule has 0 bridgehead atoms. The number of hydrogen-bond donors (Lipinski definition) is 1. The van der Waals surface area contributed by atoms with Crippen LogP contribution in [0.4, 0.5) is 13.2 Å². The lowest BCUT2D eigenvalue weighted by molar-refractivity contribution is -0.159. The Morgan fingerprint density at radius 3 is 2.03 bits per heavy atom. The van der Waals surface area contributed by atoms with Crippen molar-refractivity contribution in [2.45, 2.75) is 36.9 Å². The van der Waals surface area contributed by atoms with Gasteiger partial charge in [-0.25, -0.2) is 13.5 Å². The number of sulfonamides is 1. The molecule has 30 heavy (non-hydrogen) atoms. The topological polar surface area (TPSA) is 77.9 Å². The number of hydroxylamine groups is 2. The number of carbonyl (C=O) groups excluding carboxylic acids is 1. The van der Waals surface area contributed by atoms with Gasteiger partial charge in [0.1, 0.15) is 6.04 Å². The summed E-state index contributed by atoms with van der Waals surface area (Å²) < 4.78 is 65.5. The number of amides is 1. The van der Waals surface area contributed by atoms with Gasteiger partial charge in [0.25, 0.3) is 5.91 Å². The second-order valence-electron chi connectivity index (χ2n) is 6.98. The van der Waals surface area contributed by atoms with Crippen molar-refractivity contribution in [3.63, 3.8) is 0 Å². The van der Waals surface area contributed by atoms with Crippen molar-refractivity contribution in [1.29, 1.82) is 0 Å². The van der Waals surface area contributed by atoms with Crippen molar-refractivity contribution in [3.05, 3.63) is 54.1 Å². The molecule has 1 amide bonds. The quantitative estimate of drug-likeness (QED) is 0.691. The zero-order chi connectivity index (χ0) is 22.1.